The van der Waals surface area contributed by atoms with Crippen LogP contribution in [0.3, 0.4) is 0 Å². The lowest BCUT2D eigenvalue weighted by Crippen LogP contribution is -2.46. The number of aryl methyl sites for hydroxylation is 1. The van der Waals surface area contributed by atoms with Gasteiger partial charge in [0.25, 0.3) is 0 Å². The van der Waals surface area contributed by atoms with Gasteiger partial charge in [-0.05, 0) is 42.7 Å². The zero-order valence-corrected chi connectivity index (χ0v) is 17.1. The number of ether oxygens (including phenoxy) is 1. The Balaban J connectivity index is 1.36. The van der Waals surface area contributed by atoms with Crippen LogP contribution in [0.1, 0.15) is 31.7 Å². The summed E-state index contributed by atoms with van der Waals surface area (Å²) in [6.07, 6.45) is 8.65. The van der Waals surface area contributed by atoms with Gasteiger partial charge in [-0.2, -0.15) is 0 Å². The minimum absolute atomic E-state index is 0.0412. The van der Waals surface area contributed by atoms with Gasteiger partial charge in [0, 0.05) is 56.6 Å². The number of nitrogens with one attached hydrogen (secondary N) is 1. The monoisotopic (exact) mass is 392 g/mol. The number of nitrogens with zero attached hydrogens (tertiary/aromatic N) is 3. The Bertz CT molecular complexity index is 972. The van der Waals surface area contributed by atoms with Crippen LogP contribution in [-0.2, 0) is 0 Å². The second-order valence-electron chi connectivity index (χ2n) is 7.57. The van der Waals surface area contributed by atoms with Crippen molar-refractivity contribution in [2.75, 3.05) is 19.6 Å². The predicted molar refractivity (Wildman–Crippen MR) is 114 cm³/mol. The lowest BCUT2D eigenvalue weighted by Gasteiger charge is -2.32. The third-order valence-corrected chi connectivity index (χ3v) is 5.53. The molecule has 1 aromatic carbocycles. The SMILES string of the molecule is CCCNC(=O)N1CCC(Oc2ccc(-c3ccn4ccnc4c3C)cc2)CC1. The number of amides is 2. The average molecular weight is 393 g/mol. The first-order valence-electron chi connectivity index (χ1n) is 10.4. The number of rotatable bonds is 5. The molecule has 0 bridgehead atoms. The third-order valence-electron chi connectivity index (χ3n) is 5.53. The summed E-state index contributed by atoms with van der Waals surface area (Å²) < 4.78 is 8.20. The number of carbonyl (C=O) groups excluding carboxylic acids is 1. The van der Waals surface area contributed by atoms with Gasteiger partial charge in [0.15, 0.2) is 0 Å². The fraction of sp³-hybridized carbons (Fsp3) is 0.391. The summed E-state index contributed by atoms with van der Waals surface area (Å²) in [4.78, 5) is 18.4. The smallest absolute Gasteiger partial charge is 0.317 e. The largest absolute Gasteiger partial charge is 0.490 e. The van der Waals surface area contributed by atoms with Crippen molar-refractivity contribution < 1.29 is 9.53 Å². The number of pyridine rings is 1. The van der Waals surface area contributed by atoms with Gasteiger partial charge in [-0.1, -0.05) is 19.1 Å². The average Bonchev–Trinajstić information content (AvgIpc) is 3.23. The fourth-order valence-electron chi connectivity index (χ4n) is 3.86. The molecule has 1 N–H and O–H groups in total. The number of fused-ring (bicyclic) bond motifs is 1. The summed E-state index contributed by atoms with van der Waals surface area (Å²) in [5, 5.41) is 2.94. The second-order valence-corrected chi connectivity index (χ2v) is 7.57. The van der Waals surface area contributed by atoms with E-state index in [1.165, 1.54) is 11.1 Å². The first-order chi connectivity index (χ1) is 14.2. The molecular weight excluding hydrogens is 364 g/mol. The van der Waals surface area contributed by atoms with E-state index in [2.05, 4.69) is 42.3 Å². The molecule has 0 spiro atoms. The first kappa shape index (κ1) is 19.3. The van der Waals surface area contributed by atoms with Crippen LogP contribution in [0.15, 0.2) is 48.9 Å². The summed E-state index contributed by atoms with van der Waals surface area (Å²) in [5.74, 6) is 0.877. The summed E-state index contributed by atoms with van der Waals surface area (Å²) in [6, 6.07) is 10.4. The minimum Gasteiger partial charge on any atom is -0.490 e. The number of benzene rings is 1. The van der Waals surface area contributed by atoms with E-state index >= 15 is 0 Å². The Morgan fingerprint density at radius 2 is 1.93 bits per heavy atom. The number of carbonyl (C=O) groups is 1. The molecule has 1 aliphatic rings. The highest BCUT2D eigenvalue weighted by molar-refractivity contribution is 5.74. The van der Waals surface area contributed by atoms with Crippen LogP contribution in [0.2, 0.25) is 0 Å². The molecule has 6 heteroatoms. The number of imidazole rings is 1. The summed E-state index contributed by atoms with van der Waals surface area (Å²) >= 11 is 0. The Labute approximate surface area is 171 Å². The molecule has 0 unspecified atom stereocenters. The first-order valence-corrected chi connectivity index (χ1v) is 10.4. The standard InChI is InChI=1S/C23H28N4O2/c1-3-11-25-23(28)27-13-8-20(9-14-27)29-19-6-4-18(5-7-19)21-10-15-26-16-12-24-22(26)17(21)2/h4-7,10,12,15-16,20H,3,8-9,11,13-14H2,1-2H3,(H,25,28). The lowest BCUT2D eigenvalue weighted by atomic mass is 10.0. The van der Waals surface area contributed by atoms with Gasteiger partial charge in [0.1, 0.15) is 17.5 Å². The van der Waals surface area contributed by atoms with Crippen LogP contribution in [0.5, 0.6) is 5.75 Å². The summed E-state index contributed by atoms with van der Waals surface area (Å²) in [6.45, 7) is 6.37. The molecule has 2 amide bonds. The van der Waals surface area contributed by atoms with E-state index < -0.39 is 0 Å². The maximum atomic E-state index is 12.1. The molecule has 1 saturated heterocycles. The molecule has 152 valence electrons. The molecule has 4 rings (SSSR count). The van der Waals surface area contributed by atoms with E-state index in [9.17, 15) is 4.79 Å². The number of urea groups is 1. The summed E-state index contributed by atoms with van der Waals surface area (Å²) in [7, 11) is 0. The van der Waals surface area contributed by atoms with Gasteiger partial charge in [0.2, 0.25) is 0 Å². The van der Waals surface area contributed by atoms with Crippen LogP contribution in [0.25, 0.3) is 16.8 Å². The molecular formula is C23H28N4O2. The zero-order chi connectivity index (χ0) is 20.2. The molecule has 0 saturated carbocycles. The Hall–Kier alpha value is -3.02. The van der Waals surface area contributed by atoms with Gasteiger partial charge < -0.3 is 19.4 Å². The van der Waals surface area contributed by atoms with Gasteiger partial charge in [-0.15, -0.1) is 0 Å². The van der Waals surface area contributed by atoms with Crippen molar-refractivity contribution in [2.45, 2.75) is 39.2 Å². The highest BCUT2D eigenvalue weighted by Gasteiger charge is 2.23. The van der Waals surface area contributed by atoms with E-state index in [1.54, 1.807) is 0 Å². The summed E-state index contributed by atoms with van der Waals surface area (Å²) in [5.41, 5.74) is 4.49. The molecule has 6 nitrogen and oxygen atoms in total. The molecule has 3 aromatic rings. The normalized spacial score (nSPS) is 14.9. The molecule has 1 fully saturated rings. The lowest BCUT2D eigenvalue weighted by molar-refractivity contribution is 0.111. The molecule has 2 aromatic heterocycles. The maximum Gasteiger partial charge on any atom is 0.317 e. The molecule has 0 aliphatic carbocycles. The Morgan fingerprint density at radius 3 is 2.66 bits per heavy atom. The quantitative estimate of drug-likeness (QED) is 0.705. The van der Waals surface area contributed by atoms with Crippen molar-refractivity contribution in [2.24, 2.45) is 0 Å². The van der Waals surface area contributed by atoms with Crippen LogP contribution in [0.4, 0.5) is 4.79 Å². The fourth-order valence-corrected chi connectivity index (χ4v) is 3.86. The van der Waals surface area contributed by atoms with Gasteiger partial charge >= 0.3 is 6.03 Å². The zero-order valence-electron chi connectivity index (χ0n) is 17.1. The Kier molecular flexibility index (Phi) is 5.69. The van der Waals surface area contributed by atoms with Crippen LogP contribution < -0.4 is 10.1 Å². The van der Waals surface area contributed by atoms with Gasteiger partial charge in [-0.25, -0.2) is 9.78 Å². The maximum absolute atomic E-state index is 12.1. The van der Waals surface area contributed by atoms with Crippen molar-refractivity contribution in [3.8, 4) is 16.9 Å². The number of piperidine rings is 1. The predicted octanol–water partition coefficient (Wildman–Crippen LogP) is 4.27. The molecule has 29 heavy (non-hydrogen) atoms. The van der Waals surface area contributed by atoms with Crippen molar-refractivity contribution in [3.63, 3.8) is 0 Å². The molecule has 0 radical (unpaired) electrons. The van der Waals surface area contributed by atoms with Crippen molar-refractivity contribution in [1.82, 2.24) is 19.6 Å². The topological polar surface area (TPSA) is 58.9 Å². The number of hydrogen-bond acceptors (Lipinski definition) is 3. The van der Waals surface area contributed by atoms with Gasteiger partial charge in [-0.3, -0.25) is 0 Å². The molecule has 3 heterocycles. The molecule has 0 atom stereocenters. The van der Waals surface area contributed by atoms with Gasteiger partial charge in [0.05, 0.1) is 0 Å². The van der Waals surface area contributed by atoms with Crippen LogP contribution in [-0.4, -0.2) is 46.1 Å². The van der Waals surface area contributed by atoms with E-state index in [1.807, 2.05) is 40.0 Å². The highest BCUT2D eigenvalue weighted by atomic mass is 16.5. The van der Waals surface area contributed by atoms with E-state index in [-0.39, 0.29) is 12.1 Å². The van der Waals surface area contributed by atoms with Crippen molar-refractivity contribution >= 4 is 11.7 Å². The second kappa shape index (κ2) is 8.55. The van der Waals surface area contributed by atoms with Crippen molar-refractivity contribution in [3.05, 3.63) is 54.5 Å². The number of likely N-dealkylation sites (tertiary alicyclic amines) is 1. The number of aromatic nitrogens is 2. The van der Waals surface area contributed by atoms with Crippen LogP contribution in [0, 0.1) is 6.92 Å². The third kappa shape index (κ3) is 4.21. The van der Waals surface area contributed by atoms with E-state index in [0.717, 1.165) is 55.9 Å². The minimum atomic E-state index is 0.0412. The van der Waals surface area contributed by atoms with Crippen LogP contribution >= 0.6 is 0 Å². The number of hydrogen-bond donors (Lipinski definition) is 1. The van der Waals surface area contributed by atoms with E-state index in [0.29, 0.717) is 0 Å². The highest BCUT2D eigenvalue weighted by Crippen LogP contribution is 2.28. The molecule has 1 aliphatic heterocycles. The van der Waals surface area contributed by atoms with Crippen molar-refractivity contribution in [1.29, 1.82) is 0 Å². The Morgan fingerprint density at radius 1 is 1.17 bits per heavy atom. The van der Waals surface area contributed by atoms with E-state index in [4.69, 9.17) is 4.74 Å².